The summed E-state index contributed by atoms with van der Waals surface area (Å²) in [5.74, 6) is 0.190. The number of hydrogen-bond acceptors (Lipinski definition) is 4. The van der Waals surface area contributed by atoms with E-state index in [9.17, 15) is 18.5 Å². The normalized spacial score (nSPS) is 11.6. The highest BCUT2D eigenvalue weighted by molar-refractivity contribution is 7.89. The molecular formula is C12H18N2O4S. The standard InChI is InChI=1S/C12H18N2O4S/c1-10(2)8-9-13(14(15)16)19(17,18)12-6-4-11(3)5-7-12/h4-7,10H,8-9H2,1-3H3. The van der Waals surface area contributed by atoms with E-state index in [2.05, 4.69) is 0 Å². The number of hydrazine groups is 1. The molecule has 0 fully saturated rings. The van der Waals surface area contributed by atoms with Crippen LogP contribution in [-0.2, 0) is 10.0 Å². The third-order valence-electron chi connectivity index (χ3n) is 2.68. The summed E-state index contributed by atoms with van der Waals surface area (Å²) in [5, 5.41) is 10.1. The zero-order valence-corrected chi connectivity index (χ0v) is 12.1. The number of nitrogens with zero attached hydrogens (tertiary/aromatic N) is 2. The van der Waals surface area contributed by atoms with Crippen LogP contribution in [0.4, 0.5) is 0 Å². The zero-order chi connectivity index (χ0) is 14.6. The third kappa shape index (κ3) is 3.92. The van der Waals surface area contributed by atoms with Crippen LogP contribution in [0.1, 0.15) is 25.8 Å². The number of nitro groups is 1. The molecule has 106 valence electrons. The first-order valence-corrected chi connectivity index (χ1v) is 7.43. The van der Waals surface area contributed by atoms with Crippen LogP contribution >= 0.6 is 0 Å². The quantitative estimate of drug-likeness (QED) is 0.593. The van der Waals surface area contributed by atoms with Crippen molar-refractivity contribution in [3.63, 3.8) is 0 Å². The van der Waals surface area contributed by atoms with E-state index in [-0.39, 0.29) is 17.4 Å². The van der Waals surface area contributed by atoms with E-state index in [0.717, 1.165) is 5.56 Å². The second kappa shape index (κ2) is 6.01. The van der Waals surface area contributed by atoms with Crippen molar-refractivity contribution >= 4 is 10.0 Å². The molecule has 0 amide bonds. The first-order chi connectivity index (χ1) is 8.75. The van der Waals surface area contributed by atoms with Crippen LogP contribution in [0.2, 0.25) is 0 Å². The lowest BCUT2D eigenvalue weighted by Crippen LogP contribution is -2.37. The van der Waals surface area contributed by atoms with E-state index in [1.165, 1.54) is 12.1 Å². The lowest BCUT2D eigenvalue weighted by Gasteiger charge is -2.15. The average molecular weight is 286 g/mol. The minimum absolute atomic E-state index is 0.0569. The van der Waals surface area contributed by atoms with E-state index >= 15 is 0 Å². The molecule has 0 aliphatic rings. The molecule has 0 saturated carbocycles. The van der Waals surface area contributed by atoms with Crippen molar-refractivity contribution in [3.05, 3.63) is 39.9 Å². The van der Waals surface area contributed by atoms with Crippen LogP contribution in [0, 0.1) is 23.0 Å². The predicted octanol–water partition coefficient (Wildman–Crippen LogP) is 2.22. The Morgan fingerprint density at radius 1 is 1.26 bits per heavy atom. The van der Waals surface area contributed by atoms with Crippen LogP contribution in [-0.4, -0.2) is 24.4 Å². The predicted molar refractivity (Wildman–Crippen MR) is 71.5 cm³/mol. The van der Waals surface area contributed by atoms with Gasteiger partial charge in [0.05, 0.1) is 11.4 Å². The van der Waals surface area contributed by atoms with E-state index in [1.807, 2.05) is 20.8 Å². The molecule has 0 unspecified atom stereocenters. The van der Waals surface area contributed by atoms with Gasteiger partial charge in [-0.1, -0.05) is 31.5 Å². The van der Waals surface area contributed by atoms with Crippen molar-refractivity contribution in [1.82, 2.24) is 4.41 Å². The molecule has 0 spiro atoms. The fraction of sp³-hybridized carbons (Fsp3) is 0.500. The van der Waals surface area contributed by atoms with E-state index in [0.29, 0.717) is 10.8 Å². The van der Waals surface area contributed by atoms with Crippen molar-refractivity contribution in [3.8, 4) is 0 Å². The summed E-state index contributed by atoms with van der Waals surface area (Å²) in [5.41, 5.74) is 0.897. The Bertz CT molecular complexity index is 537. The monoisotopic (exact) mass is 286 g/mol. The van der Waals surface area contributed by atoms with Gasteiger partial charge in [-0.15, -0.1) is 0 Å². The summed E-state index contributed by atoms with van der Waals surface area (Å²) in [4.78, 5) is 10.9. The molecule has 0 aliphatic carbocycles. The lowest BCUT2D eigenvalue weighted by atomic mass is 10.1. The van der Waals surface area contributed by atoms with Crippen molar-refractivity contribution < 1.29 is 13.5 Å². The minimum Gasteiger partial charge on any atom is -0.234 e. The Balaban J connectivity index is 3.06. The molecule has 0 atom stereocenters. The maximum atomic E-state index is 12.2. The number of hydrogen-bond donors (Lipinski definition) is 0. The maximum absolute atomic E-state index is 12.2. The molecule has 0 N–H and O–H groups in total. The molecule has 7 heteroatoms. The Hall–Kier alpha value is -1.63. The van der Waals surface area contributed by atoms with Crippen LogP contribution in [0.15, 0.2) is 29.2 Å². The van der Waals surface area contributed by atoms with Gasteiger partial charge in [-0.25, -0.2) is 10.1 Å². The highest BCUT2D eigenvalue weighted by Crippen LogP contribution is 2.17. The number of rotatable bonds is 6. The summed E-state index contributed by atoms with van der Waals surface area (Å²) in [6, 6.07) is 6.01. The average Bonchev–Trinajstić information content (AvgIpc) is 2.28. The second-order valence-corrected chi connectivity index (χ2v) is 6.63. The number of benzene rings is 1. The van der Waals surface area contributed by atoms with Gasteiger partial charge < -0.3 is 0 Å². The van der Waals surface area contributed by atoms with Crippen molar-refractivity contribution in [1.29, 1.82) is 0 Å². The lowest BCUT2D eigenvalue weighted by molar-refractivity contribution is -0.620. The minimum atomic E-state index is -4.08. The van der Waals surface area contributed by atoms with E-state index in [1.54, 1.807) is 12.1 Å². The Kier molecular flexibility index (Phi) is 4.88. The molecule has 1 rings (SSSR count). The van der Waals surface area contributed by atoms with Gasteiger partial charge in [0, 0.05) is 0 Å². The maximum Gasteiger partial charge on any atom is 0.313 e. The van der Waals surface area contributed by atoms with Gasteiger partial charge in [-0.05, 0) is 35.8 Å². The second-order valence-electron chi connectivity index (χ2n) is 4.78. The molecule has 6 nitrogen and oxygen atoms in total. The molecular weight excluding hydrogens is 268 g/mol. The topological polar surface area (TPSA) is 80.5 Å². The van der Waals surface area contributed by atoms with Crippen molar-refractivity contribution in [2.24, 2.45) is 5.92 Å². The first kappa shape index (κ1) is 15.4. The molecule has 0 aromatic heterocycles. The van der Waals surface area contributed by atoms with Gasteiger partial charge in [0.2, 0.25) is 0 Å². The van der Waals surface area contributed by atoms with E-state index < -0.39 is 15.1 Å². The summed E-state index contributed by atoms with van der Waals surface area (Å²) in [6.45, 7) is 5.47. The van der Waals surface area contributed by atoms with Gasteiger partial charge in [0.25, 0.3) is 0 Å². The molecule has 0 aliphatic heterocycles. The smallest absolute Gasteiger partial charge is 0.234 e. The highest BCUT2D eigenvalue weighted by Gasteiger charge is 2.32. The highest BCUT2D eigenvalue weighted by atomic mass is 32.2. The van der Waals surface area contributed by atoms with Gasteiger partial charge in [0.1, 0.15) is 0 Å². The van der Waals surface area contributed by atoms with Crippen LogP contribution in [0.25, 0.3) is 0 Å². The summed E-state index contributed by atoms with van der Waals surface area (Å²) >= 11 is 0. The molecule has 0 radical (unpaired) electrons. The van der Waals surface area contributed by atoms with Crippen LogP contribution in [0.5, 0.6) is 0 Å². The zero-order valence-electron chi connectivity index (χ0n) is 11.2. The molecule has 1 aromatic rings. The summed E-state index contributed by atoms with van der Waals surface area (Å²) in [6.07, 6.45) is 0.437. The summed E-state index contributed by atoms with van der Waals surface area (Å²) in [7, 11) is -4.08. The molecule has 19 heavy (non-hydrogen) atoms. The van der Waals surface area contributed by atoms with Gasteiger partial charge in [-0.3, -0.25) is 0 Å². The van der Waals surface area contributed by atoms with Crippen LogP contribution < -0.4 is 0 Å². The third-order valence-corrected chi connectivity index (χ3v) is 4.41. The Morgan fingerprint density at radius 3 is 2.21 bits per heavy atom. The number of aryl methyl sites for hydroxylation is 1. The van der Waals surface area contributed by atoms with Crippen molar-refractivity contribution in [2.75, 3.05) is 6.54 Å². The Labute approximate surface area is 113 Å². The first-order valence-electron chi connectivity index (χ1n) is 5.99. The molecule has 0 bridgehead atoms. The molecule has 1 aromatic carbocycles. The van der Waals surface area contributed by atoms with E-state index in [4.69, 9.17) is 0 Å². The van der Waals surface area contributed by atoms with Gasteiger partial charge in [0.15, 0.2) is 5.03 Å². The molecule has 0 saturated heterocycles. The molecule has 0 heterocycles. The van der Waals surface area contributed by atoms with Crippen LogP contribution in [0.3, 0.4) is 0 Å². The Morgan fingerprint density at radius 2 is 1.79 bits per heavy atom. The SMILES string of the molecule is Cc1ccc(S(=O)(=O)N(CCC(C)C)[N+](=O)[O-])cc1. The fourth-order valence-corrected chi connectivity index (χ4v) is 2.73. The van der Waals surface area contributed by atoms with Gasteiger partial charge >= 0.3 is 10.0 Å². The largest absolute Gasteiger partial charge is 0.313 e. The fourth-order valence-electron chi connectivity index (χ4n) is 1.49. The van der Waals surface area contributed by atoms with Crippen molar-refractivity contribution in [2.45, 2.75) is 32.1 Å². The summed E-state index contributed by atoms with van der Waals surface area (Å²) < 4.78 is 24.7. The number of sulfonamides is 1. The van der Waals surface area contributed by atoms with Gasteiger partial charge in [-0.2, -0.15) is 8.42 Å².